The summed E-state index contributed by atoms with van der Waals surface area (Å²) in [4.78, 5) is 28.3. The van der Waals surface area contributed by atoms with Gasteiger partial charge < -0.3 is 10.1 Å². The van der Waals surface area contributed by atoms with Crippen molar-refractivity contribution >= 4 is 23.7 Å². The second kappa shape index (κ2) is 9.45. The molecule has 0 atom stereocenters. The van der Waals surface area contributed by atoms with E-state index in [2.05, 4.69) is 15.6 Å². The van der Waals surface area contributed by atoms with Crippen LogP contribution in [0.15, 0.2) is 41.8 Å². The Kier molecular flexibility index (Phi) is 6.75. The third-order valence-electron chi connectivity index (χ3n) is 4.46. The fourth-order valence-corrected chi connectivity index (χ4v) is 3.89. The van der Waals surface area contributed by atoms with E-state index in [4.69, 9.17) is 4.74 Å². The smallest absolute Gasteiger partial charge is 0.321 e. The number of aromatic nitrogens is 2. The van der Waals surface area contributed by atoms with E-state index >= 15 is 0 Å². The van der Waals surface area contributed by atoms with E-state index in [0.29, 0.717) is 5.16 Å². The van der Waals surface area contributed by atoms with Crippen molar-refractivity contribution in [2.75, 3.05) is 12.9 Å². The standard InChI is InChI=1S/C19H24N4O3S/c1-26-16-9-5-8-15(12-16)23-11-10-20-19(23)27-13-17(24)22-18(25)21-14-6-3-2-4-7-14/h5,8-12,14H,2-4,6-7,13H2,1H3,(H2,21,22,24,25). The average molecular weight is 388 g/mol. The molecule has 27 heavy (non-hydrogen) atoms. The summed E-state index contributed by atoms with van der Waals surface area (Å²) >= 11 is 1.28. The number of hydrogen-bond donors (Lipinski definition) is 2. The Balaban J connectivity index is 1.52. The molecule has 3 amide bonds. The molecule has 0 unspecified atom stereocenters. The van der Waals surface area contributed by atoms with Gasteiger partial charge in [0.05, 0.1) is 18.6 Å². The van der Waals surface area contributed by atoms with Crippen molar-refractivity contribution in [3.8, 4) is 11.4 Å². The number of thioether (sulfide) groups is 1. The molecule has 1 aliphatic rings. The third kappa shape index (κ3) is 5.50. The molecule has 2 aromatic rings. The number of carbonyl (C=O) groups excluding carboxylic acids is 2. The number of nitrogens with zero attached hydrogens (tertiary/aromatic N) is 2. The Morgan fingerprint density at radius 2 is 2.11 bits per heavy atom. The molecular weight excluding hydrogens is 364 g/mol. The summed E-state index contributed by atoms with van der Waals surface area (Å²) in [5.41, 5.74) is 0.893. The largest absolute Gasteiger partial charge is 0.497 e. The summed E-state index contributed by atoms with van der Waals surface area (Å²) in [6.07, 6.45) is 8.93. The van der Waals surface area contributed by atoms with Gasteiger partial charge in [-0.3, -0.25) is 14.7 Å². The summed E-state index contributed by atoms with van der Waals surface area (Å²) in [6.45, 7) is 0. The number of amides is 3. The lowest BCUT2D eigenvalue weighted by atomic mass is 9.96. The van der Waals surface area contributed by atoms with Crippen LogP contribution in [0.25, 0.3) is 5.69 Å². The number of nitrogens with one attached hydrogen (secondary N) is 2. The number of imidazole rings is 1. The van der Waals surface area contributed by atoms with Crippen LogP contribution in [0.4, 0.5) is 4.79 Å². The highest BCUT2D eigenvalue weighted by molar-refractivity contribution is 7.99. The number of imide groups is 1. The van der Waals surface area contributed by atoms with Gasteiger partial charge >= 0.3 is 6.03 Å². The summed E-state index contributed by atoms with van der Waals surface area (Å²) in [5.74, 6) is 0.516. The van der Waals surface area contributed by atoms with E-state index in [0.717, 1.165) is 37.1 Å². The molecule has 0 saturated heterocycles. The molecule has 1 aromatic carbocycles. The zero-order valence-electron chi connectivity index (χ0n) is 15.3. The summed E-state index contributed by atoms with van der Waals surface area (Å²) < 4.78 is 7.13. The topological polar surface area (TPSA) is 85.2 Å². The molecule has 1 saturated carbocycles. The van der Waals surface area contributed by atoms with Gasteiger partial charge in [-0.25, -0.2) is 9.78 Å². The van der Waals surface area contributed by atoms with Crippen molar-refractivity contribution < 1.29 is 14.3 Å². The molecule has 1 aliphatic carbocycles. The predicted molar refractivity (Wildman–Crippen MR) is 104 cm³/mol. The first kappa shape index (κ1) is 19.3. The normalized spacial score (nSPS) is 14.6. The molecule has 1 aromatic heterocycles. The van der Waals surface area contributed by atoms with E-state index in [1.54, 1.807) is 13.3 Å². The van der Waals surface area contributed by atoms with Crippen LogP contribution in [-0.4, -0.2) is 40.4 Å². The van der Waals surface area contributed by atoms with E-state index in [9.17, 15) is 9.59 Å². The average Bonchev–Trinajstić information content (AvgIpc) is 3.16. The van der Waals surface area contributed by atoms with Crippen molar-refractivity contribution in [3.05, 3.63) is 36.7 Å². The maximum absolute atomic E-state index is 12.1. The maximum Gasteiger partial charge on any atom is 0.321 e. The molecule has 0 bridgehead atoms. The van der Waals surface area contributed by atoms with Crippen LogP contribution in [0, 0.1) is 0 Å². The zero-order valence-corrected chi connectivity index (χ0v) is 16.1. The Labute approximate surface area is 162 Å². The van der Waals surface area contributed by atoms with Crippen LogP contribution >= 0.6 is 11.8 Å². The minimum atomic E-state index is -0.413. The van der Waals surface area contributed by atoms with Gasteiger partial charge in [0.2, 0.25) is 5.91 Å². The lowest BCUT2D eigenvalue weighted by molar-refractivity contribution is -0.117. The minimum absolute atomic E-state index is 0.110. The Bertz CT molecular complexity index is 787. The van der Waals surface area contributed by atoms with E-state index in [1.165, 1.54) is 18.2 Å². The van der Waals surface area contributed by atoms with Crippen LogP contribution in [0.1, 0.15) is 32.1 Å². The molecule has 8 heteroatoms. The molecule has 0 aliphatic heterocycles. The van der Waals surface area contributed by atoms with Gasteiger partial charge in [0.15, 0.2) is 5.16 Å². The lowest BCUT2D eigenvalue weighted by Crippen LogP contribution is -2.45. The highest BCUT2D eigenvalue weighted by Crippen LogP contribution is 2.23. The van der Waals surface area contributed by atoms with Crippen molar-refractivity contribution in [2.45, 2.75) is 43.3 Å². The number of ether oxygens (including phenoxy) is 1. The second-order valence-corrected chi connectivity index (χ2v) is 7.37. The fraction of sp³-hybridized carbons (Fsp3) is 0.421. The van der Waals surface area contributed by atoms with Gasteiger partial charge in [0.1, 0.15) is 5.75 Å². The van der Waals surface area contributed by atoms with Gasteiger partial charge in [-0.05, 0) is 25.0 Å². The van der Waals surface area contributed by atoms with Crippen LogP contribution in [0.3, 0.4) is 0 Å². The summed E-state index contributed by atoms with van der Waals surface area (Å²) in [5, 5.41) is 5.95. The van der Waals surface area contributed by atoms with Gasteiger partial charge in [-0.1, -0.05) is 37.1 Å². The van der Waals surface area contributed by atoms with Crippen LogP contribution < -0.4 is 15.4 Å². The van der Waals surface area contributed by atoms with Gasteiger partial charge in [-0.2, -0.15) is 0 Å². The lowest BCUT2D eigenvalue weighted by Gasteiger charge is -2.22. The number of carbonyl (C=O) groups is 2. The Morgan fingerprint density at radius 3 is 2.89 bits per heavy atom. The highest BCUT2D eigenvalue weighted by Gasteiger charge is 2.17. The van der Waals surface area contributed by atoms with Crippen molar-refractivity contribution in [3.63, 3.8) is 0 Å². The Morgan fingerprint density at radius 1 is 1.30 bits per heavy atom. The molecule has 3 rings (SSSR count). The second-order valence-electron chi connectivity index (χ2n) is 6.43. The van der Waals surface area contributed by atoms with E-state index in [-0.39, 0.29) is 17.7 Å². The summed E-state index contributed by atoms with van der Waals surface area (Å²) in [6, 6.07) is 7.35. The van der Waals surface area contributed by atoms with Crippen LogP contribution in [0.2, 0.25) is 0 Å². The van der Waals surface area contributed by atoms with Crippen molar-refractivity contribution in [2.24, 2.45) is 0 Å². The first-order chi connectivity index (χ1) is 13.2. The molecule has 144 valence electrons. The predicted octanol–water partition coefficient (Wildman–Crippen LogP) is 3.13. The monoisotopic (exact) mass is 388 g/mol. The summed E-state index contributed by atoms with van der Waals surface area (Å²) in [7, 11) is 1.62. The van der Waals surface area contributed by atoms with Gasteiger partial charge in [-0.15, -0.1) is 0 Å². The highest BCUT2D eigenvalue weighted by atomic mass is 32.2. The minimum Gasteiger partial charge on any atom is -0.497 e. The zero-order chi connectivity index (χ0) is 19.1. The number of methoxy groups -OCH3 is 1. The first-order valence-corrected chi connectivity index (χ1v) is 10.0. The van der Waals surface area contributed by atoms with Crippen molar-refractivity contribution in [1.29, 1.82) is 0 Å². The SMILES string of the molecule is COc1cccc(-n2ccnc2SCC(=O)NC(=O)NC2CCCCC2)c1. The van der Waals surface area contributed by atoms with Crippen molar-refractivity contribution in [1.82, 2.24) is 20.2 Å². The molecule has 1 heterocycles. The molecule has 0 radical (unpaired) electrons. The molecule has 0 spiro atoms. The maximum atomic E-state index is 12.1. The number of hydrogen-bond acceptors (Lipinski definition) is 5. The van der Waals surface area contributed by atoms with E-state index in [1.807, 2.05) is 35.0 Å². The quantitative estimate of drug-likeness (QED) is 0.743. The fourth-order valence-electron chi connectivity index (χ4n) is 3.11. The molecule has 2 N–H and O–H groups in total. The van der Waals surface area contributed by atoms with Gasteiger partial charge in [0.25, 0.3) is 0 Å². The van der Waals surface area contributed by atoms with Gasteiger partial charge in [0, 0.05) is 24.5 Å². The molecule has 7 nitrogen and oxygen atoms in total. The Hall–Kier alpha value is -2.48. The number of benzene rings is 1. The van der Waals surface area contributed by atoms with Crippen LogP contribution in [-0.2, 0) is 4.79 Å². The van der Waals surface area contributed by atoms with E-state index < -0.39 is 6.03 Å². The molecule has 1 fully saturated rings. The number of urea groups is 1. The number of rotatable bonds is 6. The first-order valence-electron chi connectivity index (χ1n) is 9.06. The van der Waals surface area contributed by atoms with Crippen LogP contribution in [0.5, 0.6) is 5.75 Å². The third-order valence-corrected chi connectivity index (χ3v) is 5.43. The molecular formula is C19H24N4O3S.